The molecule has 0 atom stereocenters. The number of rotatable bonds is 6. The van der Waals surface area contributed by atoms with Crippen molar-refractivity contribution in [2.24, 2.45) is 0 Å². The zero-order chi connectivity index (χ0) is 19.1. The molecule has 2 rings (SSSR count). The lowest BCUT2D eigenvalue weighted by Crippen LogP contribution is -2.44. The minimum atomic E-state index is -0.572. The van der Waals surface area contributed by atoms with Gasteiger partial charge < -0.3 is 14.2 Å². The average Bonchev–Trinajstić information content (AvgIpc) is 2.64. The van der Waals surface area contributed by atoms with Crippen molar-refractivity contribution < 1.29 is 23.8 Å². The molecule has 138 valence electrons. The van der Waals surface area contributed by atoms with Gasteiger partial charge >= 0.3 is 0 Å². The molecule has 0 unspecified atom stereocenters. The number of benzene rings is 2. The first-order chi connectivity index (χ1) is 12.5. The van der Waals surface area contributed by atoms with Crippen molar-refractivity contribution in [1.82, 2.24) is 10.9 Å². The molecule has 0 aliphatic heterocycles. The SMILES string of the molecule is COc1cccc(OC)c1C(=O)NNC(=O)COc1ccc(Br)cc1Br. The van der Waals surface area contributed by atoms with E-state index >= 15 is 0 Å². The maximum Gasteiger partial charge on any atom is 0.277 e. The number of nitrogens with one attached hydrogen (secondary N) is 2. The molecule has 9 heteroatoms. The molecule has 0 fully saturated rings. The summed E-state index contributed by atoms with van der Waals surface area (Å²) in [6.45, 7) is -0.274. The summed E-state index contributed by atoms with van der Waals surface area (Å²) in [5.41, 5.74) is 4.77. The van der Waals surface area contributed by atoms with E-state index in [9.17, 15) is 9.59 Å². The van der Waals surface area contributed by atoms with Gasteiger partial charge in [-0.15, -0.1) is 0 Å². The third-order valence-electron chi connectivity index (χ3n) is 3.22. The average molecular weight is 488 g/mol. The summed E-state index contributed by atoms with van der Waals surface area (Å²) in [6.07, 6.45) is 0. The Hall–Kier alpha value is -2.26. The topological polar surface area (TPSA) is 85.9 Å². The predicted molar refractivity (Wildman–Crippen MR) is 102 cm³/mol. The second-order valence-electron chi connectivity index (χ2n) is 4.90. The van der Waals surface area contributed by atoms with E-state index in [4.69, 9.17) is 14.2 Å². The second-order valence-corrected chi connectivity index (χ2v) is 6.67. The number of methoxy groups -OCH3 is 2. The summed E-state index contributed by atoms with van der Waals surface area (Å²) in [5.74, 6) is 0.0536. The normalized spacial score (nSPS) is 10.0. The summed E-state index contributed by atoms with van der Waals surface area (Å²) in [5, 5.41) is 0. The van der Waals surface area contributed by atoms with Crippen molar-refractivity contribution >= 4 is 43.7 Å². The van der Waals surface area contributed by atoms with Crippen LogP contribution in [0.15, 0.2) is 45.3 Å². The fourth-order valence-electron chi connectivity index (χ4n) is 2.04. The molecule has 0 saturated carbocycles. The molecule has 0 radical (unpaired) electrons. The standard InChI is InChI=1S/C17H16Br2N2O5/c1-24-13-4-3-5-14(25-2)16(13)17(23)21-20-15(22)9-26-12-7-6-10(18)8-11(12)19/h3-8H,9H2,1-2H3,(H,20,22)(H,21,23). The molecule has 26 heavy (non-hydrogen) atoms. The molecule has 2 amide bonds. The Bertz CT molecular complexity index is 791. The van der Waals surface area contributed by atoms with E-state index in [-0.39, 0.29) is 12.2 Å². The van der Waals surface area contributed by atoms with Gasteiger partial charge in [-0.25, -0.2) is 0 Å². The first-order valence-electron chi connectivity index (χ1n) is 7.34. The third-order valence-corrected chi connectivity index (χ3v) is 4.34. The number of halogens is 2. The molecule has 7 nitrogen and oxygen atoms in total. The van der Waals surface area contributed by atoms with Gasteiger partial charge in [0, 0.05) is 4.47 Å². The quantitative estimate of drug-likeness (QED) is 0.611. The largest absolute Gasteiger partial charge is 0.496 e. The number of hydrogen-bond donors (Lipinski definition) is 2. The van der Waals surface area contributed by atoms with Crippen molar-refractivity contribution in [3.8, 4) is 17.2 Å². The van der Waals surface area contributed by atoms with Crippen LogP contribution in [-0.4, -0.2) is 32.6 Å². The van der Waals surface area contributed by atoms with Crippen LogP contribution in [0.1, 0.15) is 10.4 Å². The Kier molecular flexibility index (Phi) is 7.28. The van der Waals surface area contributed by atoms with Gasteiger partial charge in [-0.05, 0) is 46.3 Å². The fourth-order valence-corrected chi connectivity index (χ4v) is 3.20. The fraction of sp³-hybridized carbons (Fsp3) is 0.176. The number of carbonyl (C=O) groups excluding carboxylic acids is 2. The molecule has 2 N–H and O–H groups in total. The first-order valence-corrected chi connectivity index (χ1v) is 8.93. The van der Waals surface area contributed by atoms with Crippen LogP contribution in [-0.2, 0) is 4.79 Å². The van der Waals surface area contributed by atoms with Gasteiger partial charge in [0.2, 0.25) is 0 Å². The Morgan fingerprint density at radius 3 is 2.19 bits per heavy atom. The lowest BCUT2D eigenvalue weighted by Gasteiger charge is -2.14. The highest BCUT2D eigenvalue weighted by molar-refractivity contribution is 9.11. The molecular weight excluding hydrogens is 472 g/mol. The van der Waals surface area contributed by atoms with Gasteiger partial charge in [0.25, 0.3) is 11.8 Å². The maximum atomic E-state index is 12.3. The van der Waals surface area contributed by atoms with E-state index in [1.807, 2.05) is 0 Å². The smallest absolute Gasteiger partial charge is 0.277 e. The van der Waals surface area contributed by atoms with Crippen LogP contribution in [0.4, 0.5) is 0 Å². The summed E-state index contributed by atoms with van der Waals surface area (Å²) >= 11 is 6.67. The Labute approximate surface area is 167 Å². The van der Waals surface area contributed by atoms with Crippen LogP contribution in [0.2, 0.25) is 0 Å². The zero-order valence-corrected chi connectivity index (χ0v) is 17.1. The first kappa shape index (κ1) is 20.1. The maximum absolute atomic E-state index is 12.3. The van der Waals surface area contributed by atoms with Gasteiger partial charge in [0.1, 0.15) is 22.8 Å². The van der Waals surface area contributed by atoms with Crippen molar-refractivity contribution in [3.05, 3.63) is 50.9 Å². The van der Waals surface area contributed by atoms with Gasteiger partial charge in [0.15, 0.2) is 6.61 Å². The molecule has 0 aliphatic rings. The van der Waals surface area contributed by atoms with E-state index in [1.54, 1.807) is 36.4 Å². The summed E-state index contributed by atoms with van der Waals surface area (Å²) in [4.78, 5) is 24.2. The molecule has 0 bridgehead atoms. The molecule has 0 aromatic heterocycles. The van der Waals surface area contributed by atoms with Crippen LogP contribution >= 0.6 is 31.9 Å². The van der Waals surface area contributed by atoms with Crippen molar-refractivity contribution in [2.45, 2.75) is 0 Å². The van der Waals surface area contributed by atoms with Crippen molar-refractivity contribution in [2.75, 3.05) is 20.8 Å². The highest BCUT2D eigenvalue weighted by Crippen LogP contribution is 2.28. The van der Waals surface area contributed by atoms with Gasteiger partial charge in [-0.2, -0.15) is 0 Å². The van der Waals surface area contributed by atoms with Crippen molar-refractivity contribution in [1.29, 1.82) is 0 Å². The number of hydrazine groups is 1. The van der Waals surface area contributed by atoms with Crippen LogP contribution in [0.3, 0.4) is 0 Å². The number of amides is 2. The number of hydrogen-bond acceptors (Lipinski definition) is 5. The molecule has 2 aromatic rings. The summed E-state index contributed by atoms with van der Waals surface area (Å²) in [6, 6.07) is 10.2. The van der Waals surface area contributed by atoms with Gasteiger partial charge in [-0.3, -0.25) is 20.4 Å². The minimum absolute atomic E-state index is 0.175. The Morgan fingerprint density at radius 1 is 0.962 bits per heavy atom. The Balaban J connectivity index is 1.94. The number of ether oxygens (including phenoxy) is 3. The second kappa shape index (κ2) is 9.44. The summed E-state index contributed by atoms with van der Waals surface area (Å²) < 4.78 is 17.3. The van der Waals surface area contributed by atoms with Crippen LogP contribution in [0.5, 0.6) is 17.2 Å². The van der Waals surface area contributed by atoms with E-state index < -0.39 is 11.8 Å². The lowest BCUT2D eigenvalue weighted by atomic mass is 10.1. The van der Waals surface area contributed by atoms with Crippen LogP contribution < -0.4 is 25.1 Å². The highest BCUT2D eigenvalue weighted by atomic mass is 79.9. The zero-order valence-electron chi connectivity index (χ0n) is 14.0. The molecule has 2 aromatic carbocycles. The van der Waals surface area contributed by atoms with Crippen LogP contribution in [0, 0.1) is 0 Å². The van der Waals surface area contributed by atoms with Crippen LogP contribution in [0.25, 0.3) is 0 Å². The minimum Gasteiger partial charge on any atom is -0.496 e. The predicted octanol–water partition coefficient (Wildman–Crippen LogP) is 3.07. The highest BCUT2D eigenvalue weighted by Gasteiger charge is 2.18. The molecule has 0 spiro atoms. The molecule has 0 heterocycles. The molecular formula is C17H16Br2N2O5. The van der Waals surface area contributed by atoms with Gasteiger partial charge in [0.05, 0.1) is 18.7 Å². The van der Waals surface area contributed by atoms with Gasteiger partial charge in [-0.1, -0.05) is 22.0 Å². The summed E-state index contributed by atoms with van der Waals surface area (Å²) in [7, 11) is 2.88. The van der Waals surface area contributed by atoms with E-state index in [2.05, 4.69) is 42.7 Å². The van der Waals surface area contributed by atoms with E-state index in [0.717, 1.165) is 4.47 Å². The monoisotopic (exact) mass is 486 g/mol. The third kappa shape index (κ3) is 5.12. The lowest BCUT2D eigenvalue weighted by molar-refractivity contribution is -0.123. The van der Waals surface area contributed by atoms with Crippen molar-refractivity contribution in [3.63, 3.8) is 0 Å². The molecule has 0 saturated heterocycles. The van der Waals surface area contributed by atoms with E-state index in [0.29, 0.717) is 21.7 Å². The molecule has 0 aliphatic carbocycles. The number of carbonyl (C=O) groups is 2. The Morgan fingerprint density at radius 2 is 1.62 bits per heavy atom. The van der Waals surface area contributed by atoms with E-state index in [1.165, 1.54) is 14.2 Å².